The molecule has 0 saturated heterocycles. The first-order chi connectivity index (χ1) is 9.16. The standard InChI is InChI=1S/C11H7N3O4S/c12-11-9(7-2-1-5-19-7)10(13-18-11)6-3-4-8(17-6)14(15)16/h1-5H,12H2. The van der Waals surface area contributed by atoms with Gasteiger partial charge in [-0.15, -0.1) is 11.3 Å². The molecule has 3 heterocycles. The molecule has 0 saturated carbocycles. The molecule has 8 heteroatoms. The van der Waals surface area contributed by atoms with E-state index in [1.165, 1.54) is 23.5 Å². The SMILES string of the molecule is Nc1onc(-c2ccc([N+](=O)[O-])o2)c1-c1cccs1. The fraction of sp³-hybridized carbons (Fsp3) is 0. The molecular formula is C11H7N3O4S. The van der Waals surface area contributed by atoms with Crippen molar-refractivity contribution in [2.45, 2.75) is 0 Å². The van der Waals surface area contributed by atoms with E-state index in [0.29, 0.717) is 11.3 Å². The number of hydrogen-bond donors (Lipinski definition) is 1. The maximum Gasteiger partial charge on any atom is 0.433 e. The first-order valence-corrected chi connectivity index (χ1v) is 6.08. The van der Waals surface area contributed by atoms with Crippen molar-refractivity contribution in [3.63, 3.8) is 0 Å². The minimum atomic E-state index is -0.613. The average Bonchev–Trinajstić information content (AvgIpc) is 3.07. The van der Waals surface area contributed by atoms with Gasteiger partial charge in [0.15, 0.2) is 11.5 Å². The molecule has 0 radical (unpaired) electrons. The molecule has 0 spiro atoms. The third-order valence-electron chi connectivity index (χ3n) is 2.49. The van der Waals surface area contributed by atoms with Crippen LogP contribution in [0.4, 0.5) is 11.8 Å². The lowest BCUT2D eigenvalue weighted by Gasteiger charge is -1.95. The number of aromatic nitrogens is 1. The molecule has 3 rings (SSSR count). The van der Waals surface area contributed by atoms with Gasteiger partial charge in [0.05, 0.1) is 11.6 Å². The quantitative estimate of drug-likeness (QED) is 0.581. The summed E-state index contributed by atoms with van der Waals surface area (Å²) in [5.74, 6) is 0.0424. The van der Waals surface area contributed by atoms with Crippen LogP contribution in [0.3, 0.4) is 0 Å². The first-order valence-electron chi connectivity index (χ1n) is 5.20. The molecule has 0 bridgehead atoms. The van der Waals surface area contributed by atoms with Crippen LogP contribution in [0.5, 0.6) is 0 Å². The Morgan fingerprint density at radius 3 is 2.84 bits per heavy atom. The van der Waals surface area contributed by atoms with E-state index < -0.39 is 4.92 Å². The Bertz CT molecular complexity index is 729. The Kier molecular flexibility index (Phi) is 2.57. The number of anilines is 1. The number of thiophene rings is 1. The number of hydrogen-bond acceptors (Lipinski definition) is 7. The zero-order valence-corrected chi connectivity index (χ0v) is 10.2. The first kappa shape index (κ1) is 11.5. The maximum absolute atomic E-state index is 10.6. The zero-order valence-electron chi connectivity index (χ0n) is 9.40. The second kappa shape index (κ2) is 4.25. The highest BCUT2D eigenvalue weighted by Gasteiger charge is 2.23. The van der Waals surface area contributed by atoms with Gasteiger partial charge in [-0.25, -0.2) is 0 Å². The van der Waals surface area contributed by atoms with Crippen molar-refractivity contribution in [3.05, 3.63) is 39.8 Å². The molecule has 2 N–H and O–H groups in total. The Balaban J connectivity index is 2.13. The molecule has 3 aromatic rings. The molecule has 96 valence electrons. The van der Waals surface area contributed by atoms with Crippen LogP contribution in [-0.2, 0) is 0 Å². The van der Waals surface area contributed by atoms with Crippen LogP contribution >= 0.6 is 11.3 Å². The van der Waals surface area contributed by atoms with Crippen LogP contribution in [-0.4, -0.2) is 10.1 Å². The Morgan fingerprint density at radius 2 is 2.21 bits per heavy atom. The van der Waals surface area contributed by atoms with Crippen molar-refractivity contribution in [2.75, 3.05) is 5.73 Å². The van der Waals surface area contributed by atoms with Gasteiger partial charge in [0, 0.05) is 4.88 Å². The molecule has 3 aromatic heterocycles. The minimum absolute atomic E-state index is 0.150. The van der Waals surface area contributed by atoms with Gasteiger partial charge in [-0.2, -0.15) is 0 Å². The summed E-state index contributed by atoms with van der Waals surface area (Å²) in [5, 5.41) is 16.3. The zero-order chi connectivity index (χ0) is 13.4. The monoisotopic (exact) mass is 277 g/mol. The maximum atomic E-state index is 10.6. The summed E-state index contributed by atoms with van der Waals surface area (Å²) in [6.07, 6.45) is 0. The highest BCUT2D eigenvalue weighted by atomic mass is 32.1. The second-order valence-electron chi connectivity index (χ2n) is 3.64. The van der Waals surface area contributed by atoms with Crippen molar-refractivity contribution in [1.29, 1.82) is 0 Å². The van der Waals surface area contributed by atoms with Gasteiger partial charge in [0.25, 0.3) is 0 Å². The average molecular weight is 277 g/mol. The molecule has 0 amide bonds. The Hall–Kier alpha value is -2.61. The fourth-order valence-corrected chi connectivity index (χ4v) is 2.46. The molecule has 0 unspecified atom stereocenters. The Labute approximate surface area is 110 Å². The van der Waals surface area contributed by atoms with Crippen molar-refractivity contribution < 1.29 is 13.9 Å². The molecule has 0 fully saturated rings. The summed E-state index contributed by atoms with van der Waals surface area (Å²) in [5.41, 5.74) is 6.68. The van der Waals surface area contributed by atoms with Crippen molar-refractivity contribution in [1.82, 2.24) is 5.16 Å². The van der Waals surface area contributed by atoms with E-state index in [4.69, 9.17) is 14.7 Å². The van der Waals surface area contributed by atoms with E-state index in [1.54, 1.807) is 0 Å². The summed E-state index contributed by atoms with van der Waals surface area (Å²) in [6, 6.07) is 6.44. The van der Waals surface area contributed by atoms with Crippen LogP contribution < -0.4 is 5.73 Å². The van der Waals surface area contributed by atoms with Gasteiger partial charge in [-0.1, -0.05) is 11.2 Å². The van der Waals surface area contributed by atoms with Gasteiger partial charge >= 0.3 is 5.88 Å². The topological polar surface area (TPSA) is 108 Å². The number of nitro groups is 1. The van der Waals surface area contributed by atoms with E-state index >= 15 is 0 Å². The predicted molar refractivity (Wildman–Crippen MR) is 68.6 cm³/mol. The van der Waals surface area contributed by atoms with E-state index in [2.05, 4.69) is 5.16 Å². The molecule has 0 atom stereocenters. The molecule has 7 nitrogen and oxygen atoms in total. The molecule has 0 aliphatic rings. The van der Waals surface area contributed by atoms with Crippen LogP contribution in [0.2, 0.25) is 0 Å². The number of nitrogen functional groups attached to an aromatic ring is 1. The predicted octanol–water partition coefficient (Wildman–Crippen LogP) is 3.15. The highest BCUT2D eigenvalue weighted by Crippen LogP contribution is 2.39. The van der Waals surface area contributed by atoms with E-state index in [-0.39, 0.29) is 17.5 Å². The molecular weight excluding hydrogens is 270 g/mol. The van der Waals surface area contributed by atoms with Gasteiger partial charge in [0.2, 0.25) is 5.88 Å². The fourth-order valence-electron chi connectivity index (χ4n) is 1.68. The largest absolute Gasteiger partial charge is 0.433 e. The van der Waals surface area contributed by atoms with Gasteiger partial charge in [-0.3, -0.25) is 10.1 Å². The molecule has 19 heavy (non-hydrogen) atoms. The number of nitrogens with zero attached hydrogens (tertiary/aromatic N) is 2. The summed E-state index contributed by atoms with van der Waals surface area (Å²) in [4.78, 5) is 10.9. The van der Waals surface area contributed by atoms with Crippen LogP contribution in [0, 0.1) is 10.1 Å². The molecule has 0 aliphatic heterocycles. The lowest BCUT2D eigenvalue weighted by atomic mass is 10.1. The summed E-state index contributed by atoms with van der Waals surface area (Å²) in [6.45, 7) is 0. The third-order valence-corrected chi connectivity index (χ3v) is 3.38. The van der Waals surface area contributed by atoms with Crippen molar-refractivity contribution in [3.8, 4) is 21.9 Å². The van der Waals surface area contributed by atoms with Crippen molar-refractivity contribution in [2.24, 2.45) is 0 Å². The van der Waals surface area contributed by atoms with Gasteiger partial charge in [-0.05, 0) is 17.5 Å². The summed E-state index contributed by atoms with van der Waals surface area (Å²) >= 11 is 1.46. The van der Waals surface area contributed by atoms with Crippen LogP contribution in [0.25, 0.3) is 21.9 Å². The summed E-state index contributed by atoms with van der Waals surface area (Å²) in [7, 11) is 0. The Morgan fingerprint density at radius 1 is 1.37 bits per heavy atom. The lowest BCUT2D eigenvalue weighted by molar-refractivity contribution is -0.401. The van der Waals surface area contributed by atoms with Gasteiger partial charge in [0.1, 0.15) is 4.92 Å². The molecule has 0 aliphatic carbocycles. The van der Waals surface area contributed by atoms with E-state index in [9.17, 15) is 10.1 Å². The summed E-state index contributed by atoms with van der Waals surface area (Å²) < 4.78 is 10.1. The number of furan rings is 1. The van der Waals surface area contributed by atoms with Crippen molar-refractivity contribution >= 4 is 23.1 Å². The highest BCUT2D eigenvalue weighted by molar-refractivity contribution is 7.13. The van der Waals surface area contributed by atoms with Gasteiger partial charge < -0.3 is 14.7 Å². The third kappa shape index (κ3) is 1.87. The van der Waals surface area contributed by atoms with Crippen LogP contribution in [0.15, 0.2) is 38.6 Å². The second-order valence-corrected chi connectivity index (χ2v) is 4.59. The number of nitrogens with two attached hydrogens (primary N) is 1. The number of rotatable bonds is 3. The lowest BCUT2D eigenvalue weighted by Crippen LogP contribution is -1.85. The molecule has 0 aromatic carbocycles. The minimum Gasteiger partial charge on any atom is -0.399 e. The van der Waals surface area contributed by atoms with E-state index in [1.807, 2.05) is 17.5 Å². The smallest absolute Gasteiger partial charge is 0.399 e. The van der Waals surface area contributed by atoms with E-state index in [0.717, 1.165) is 4.88 Å². The normalized spacial score (nSPS) is 10.7. The van der Waals surface area contributed by atoms with Crippen LogP contribution in [0.1, 0.15) is 0 Å².